The van der Waals surface area contributed by atoms with Gasteiger partial charge in [0.05, 0.1) is 39.6 Å². The summed E-state index contributed by atoms with van der Waals surface area (Å²) in [7, 11) is 3.13. The standard InChI is InChI=1S/C32H37FN4O6/c1-40-29-12-9-22(19-30(29)41-2)28-8-5-3-4-7-23(35-28)21-27(34)31(38)36-24-10-11-25(26(33)20-24)32(39)43-16-6-13-37-14-17-42-18-15-37/h3,5,8-12,19-21,34-35H,4,6-7,13-18H2,1-2H3,(H,36,38)/b5-3-,23-21-,28-8-,34-27?. The molecule has 3 N–H and O–H groups in total. The van der Waals surface area contributed by atoms with Gasteiger partial charge in [0, 0.05) is 42.3 Å². The Morgan fingerprint density at radius 1 is 1.12 bits per heavy atom. The SMILES string of the molecule is COc1ccc(/C2=C/C=C\CC/C(=C/C(=N)C(=O)Nc3ccc(C(=O)OCCCN4CCOCC4)c(F)c3)N2)cc1OC. The fourth-order valence-electron chi connectivity index (χ4n) is 4.61. The van der Waals surface area contributed by atoms with Crippen LogP contribution in [0.25, 0.3) is 5.70 Å². The number of nitrogens with zero attached hydrogens (tertiary/aromatic N) is 1. The summed E-state index contributed by atoms with van der Waals surface area (Å²) in [5, 5.41) is 14.2. The highest BCUT2D eigenvalue weighted by molar-refractivity contribution is 6.46. The molecule has 0 spiro atoms. The molecule has 0 atom stereocenters. The summed E-state index contributed by atoms with van der Waals surface area (Å²) in [6.07, 6.45) is 9.19. The summed E-state index contributed by atoms with van der Waals surface area (Å²) in [5.41, 5.74) is 1.82. The van der Waals surface area contributed by atoms with Crippen LogP contribution in [0.1, 0.15) is 35.2 Å². The van der Waals surface area contributed by atoms with Crippen LogP contribution in [0.15, 0.2) is 66.4 Å². The van der Waals surface area contributed by atoms with Crippen molar-refractivity contribution in [3.8, 4) is 11.5 Å². The molecule has 0 bridgehead atoms. The van der Waals surface area contributed by atoms with Gasteiger partial charge in [0.15, 0.2) is 11.5 Å². The topological polar surface area (TPSA) is 122 Å². The molecule has 2 aliphatic heterocycles. The number of rotatable bonds is 11. The zero-order chi connectivity index (χ0) is 30.6. The molecule has 2 aromatic rings. The highest BCUT2D eigenvalue weighted by Gasteiger charge is 2.17. The predicted octanol–water partition coefficient (Wildman–Crippen LogP) is 4.54. The van der Waals surface area contributed by atoms with Crippen LogP contribution in [0.4, 0.5) is 10.1 Å². The molecule has 43 heavy (non-hydrogen) atoms. The molecule has 228 valence electrons. The molecule has 4 rings (SSSR count). The number of carbonyl (C=O) groups is 2. The van der Waals surface area contributed by atoms with E-state index in [4.69, 9.17) is 24.4 Å². The molecule has 2 aliphatic rings. The first-order valence-corrected chi connectivity index (χ1v) is 14.1. The first kappa shape index (κ1) is 31.5. The Labute approximate surface area is 250 Å². The third-order valence-corrected chi connectivity index (χ3v) is 6.93. The van der Waals surface area contributed by atoms with E-state index in [0.29, 0.717) is 49.7 Å². The molecule has 0 radical (unpaired) electrons. The number of halogens is 1. The molecule has 2 heterocycles. The molecule has 0 aromatic heterocycles. The Bertz CT molecular complexity index is 1410. The van der Waals surface area contributed by atoms with Gasteiger partial charge in [-0.25, -0.2) is 9.18 Å². The van der Waals surface area contributed by atoms with Crippen molar-refractivity contribution < 1.29 is 32.9 Å². The third-order valence-electron chi connectivity index (χ3n) is 6.93. The molecule has 11 heteroatoms. The van der Waals surface area contributed by atoms with Gasteiger partial charge in [-0.2, -0.15) is 0 Å². The van der Waals surface area contributed by atoms with Crippen LogP contribution in [-0.4, -0.2) is 76.2 Å². The number of hydrogen-bond acceptors (Lipinski definition) is 9. The van der Waals surface area contributed by atoms with Crippen LogP contribution >= 0.6 is 0 Å². The van der Waals surface area contributed by atoms with E-state index in [9.17, 15) is 14.0 Å². The summed E-state index contributed by atoms with van der Waals surface area (Å²) in [4.78, 5) is 27.4. The Morgan fingerprint density at radius 2 is 1.91 bits per heavy atom. The van der Waals surface area contributed by atoms with Gasteiger partial charge in [0.25, 0.3) is 5.91 Å². The van der Waals surface area contributed by atoms with Crippen molar-refractivity contribution >= 4 is 29.0 Å². The van der Waals surface area contributed by atoms with E-state index < -0.39 is 17.7 Å². The molecule has 1 fully saturated rings. The second-order valence-electron chi connectivity index (χ2n) is 9.92. The minimum Gasteiger partial charge on any atom is -0.493 e. The van der Waals surface area contributed by atoms with Crippen molar-refractivity contribution in [1.82, 2.24) is 10.2 Å². The number of ether oxygens (including phenoxy) is 4. The third kappa shape index (κ3) is 9.00. The number of nitrogens with one attached hydrogen (secondary N) is 3. The highest BCUT2D eigenvalue weighted by Crippen LogP contribution is 2.30. The van der Waals surface area contributed by atoms with E-state index >= 15 is 0 Å². The Hall–Kier alpha value is -4.48. The summed E-state index contributed by atoms with van der Waals surface area (Å²) >= 11 is 0. The lowest BCUT2D eigenvalue weighted by atomic mass is 10.1. The molecule has 0 unspecified atom stereocenters. The second kappa shape index (κ2) is 15.7. The number of anilines is 1. The fourth-order valence-corrected chi connectivity index (χ4v) is 4.61. The molecule has 1 saturated heterocycles. The van der Waals surface area contributed by atoms with Crippen molar-refractivity contribution in [2.45, 2.75) is 19.3 Å². The Morgan fingerprint density at radius 3 is 2.65 bits per heavy atom. The zero-order valence-corrected chi connectivity index (χ0v) is 24.4. The van der Waals surface area contributed by atoms with Crippen molar-refractivity contribution in [1.29, 1.82) is 5.41 Å². The van der Waals surface area contributed by atoms with Gasteiger partial charge in [0.2, 0.25) is 0 Å². The first-order valence-electron chi connectivity index (χ1n) is 14.1. The maximum Gasteiger partial charge on any atom is 0.341 e. The van der Waals surface area contributed by atoms with Gasteiger partial charge in [-0.3, -0.25) is 15.1 Å². The minimum absolute atomic E-state index is 0.119. The van der Waals surface area contributed by atoms with Crippen LogP contribution in [0.3, 0.4) is 0 Å². The smallest absolute Gasteiger partial charge is 0.341 e. The first-order chi connectivity index (χ1) is 20.9. The number of amides is 1. The number of carbonyl (C=O) groups excluding carboxylic acids is 2. The molecule has 1 amide bonds. The number of morpholine rings is 1. The van der Waals surface area contributed by atoms with Crippen LogP contribution in [0, 0.1) is 11.2 Å². The van der Waals surface area contributed by atoms with Gasteiger partial charge in [-0.05, 0) is 67.8 Å². The Kier molecular flexibility index (Phi) is 11.5. The molecule has 0 saturated carbocycles. The number of methoxy groups -OCH3 is 2. The lowest BCUT2D eigenvalue weighted by Gasteiger charge is -2.26. The minimum atomic E-state index is -0.820. The van der Waals surface area contributed by atoms with E-state index in [1.807, 2.05) is 30.4 Å². The largest absolute Gasteiger partial charge is 0.493 e. The normalized spacial score (nSPS) is 18.3. The maximum atomic E-state index is 14.7. The zero-order valence-electron chi connectivity index (χ0n) is 24.4. The number of hydrogen-bond donors (Lipinski definition) is 3. The fraction of sp³-hybridized carbons (Fsp3) is 0.344. The highest BCUT2D eigenvalue weighted by atomic mass is 19.1. The van der Waals surface area contributed by atoms with Crippen LogP contribution in [0.2, 0.25) is 0 Å². The summed E-state index contributed by atoms with van der Waals surface area (Å²) in [5.74, 6) is -1.14. The van der Waals surface area contributed by atoms with E-state index in [0.717, 1.165) is 37.0 Å². The molecule has 2 aromatic carbocycles. The van der Waals surface area contributed by atoms with E-state index in [1.165, 1.54) is 18.2 Å². The second-order valence-corrected chi connectivity index (χ2v) is 9.92. The van der Waals surface area contributed by atoms with E-state index in [-0.39, 0.29) is 23.6 Å². The molecular weight excluding hydrogens is 555 g/mol. The van der Waals surface area contributed by atoms with Crippen molar-refractivity contribution in [2.24, 2.45) is 0 Å². The van der Waals surface area contributed by atoms with Crippen molar-refractivity contribution in [2.75, 3.05) is 59.0 Å². The maximum absolute atomic E-state index is 14.7. The molecular formula is C32H37FN4O6. The Balaban J connectivity index is 1.34. The monoisotopic (exact) mass is 592 g/mol. The summed E-state index contributed by atoms with van der Waals surface area (Å²) in [6.45, 7) is 4.01. The van der Waals surface area contributed by atoms with Crippen LogP contribution < -0.4 is 20.1 Å². The predicted molar refractivity (Wildman–Crippen MR) is 162 cm³/mol. The average Bonchev–Trinajstić information content (AvgIpc) is 3.00. The van der Waals surface area contributed by atoms with Gasteiger partial charge in [-0.15, -0.1) is 0 Å². The number of allylic oxidation sites excluding steroid dienone is 4. The lowest BCUT2D eigenvalue weighted by Crippen LogP contribution is -2.37. The average molecular weight is 593 g/mol. The lowest BCUT2D eigenvalue weighted by molar-refractivity contribution is -0.110. The van der Waals surface area contributed by atoms with Crippen molar-refractivity contribution in [3.63, 3.8) is 0 Å². The van der Waals surface area contributed by atoms with Gasteiger partial charge < -0.3 is 29.6 Å². The summed E-state index contributed by atoms with van der Waals surface area (Å²) < 4.78 is 36.0. The van der Waals surface area contributed by atoms with Gasteiger partial charge >= 0.3 is 5.97 Å². The van der Waals surface area contributed by atoms with Crippen LogP contribution in [0.5, 0.6) is 11.5 Å². The van der Waals surface area contributed by atoms with Gasteiger partial charge in [0.1, 0.15) is 11.5 Å². The van der Waals surface area contributed by atoms with E-state index in [1.54, 1.807) is 20.3 Å². The quantitative estimate of drug-likeness (QED) is 0.198. The number of esters is 1. The van der Waals surface area contributed by atoms with Gasteiger partial charge in [-0.1, -0.05) is 12.2 Å². The number of benzene rings is 2. The molecule has 10 nitrogen and oxygen atoms in total. The summed E-state index contributed by atoms with van der Waals surface area (Å²) in [6, 6.07) is 9.23. The molecule has 0 aliphatic carbocycles. The van der Waals surface area contributed by atoms with E-state index in [2.05, 4.69) is 15.5 Å². The van der Waals surface area contributed by atoms with Crippen molar-refractivity contribution in [3.05, 3.63) is 83.3 Å². The van der Waals surface area contributed by atoms with Crippen LogP contribution in [-0.2, 0) is 14.3 Å².